The van der Waals surface area contributed by atoms with E-state index in [4.69, 9.17) is 9.47 Å². The van der Waals surface area contributed by atoms with E-state index < -0.39 is 17.5 Å². The second-order valence-corrected chi connectivity index (χ2v) is 7.86. The summed E-state index contributed by atoms with van der Waals surface area (Å²) in [4.78, 5) is 15.0. The molecule has 2 aromatic carbocycles. The lowest BCUT2D eigenvalue weighted by Crippen LogP contribution is -2.32. The number of nitrogens with zero attached hydrogens (tertiary/aromatic N) is 1. The number of likely N-dealkylation sites (tertiary alicyclic amines) is 1. The van der Waals surface area contributed by atoms with Crippen molar-refractivity contribution in [3.63, 3.8) is 0 Å². The van der Waals surface area contributed by atoms with Crippen molar-refractivity contribution in [3.05, 3.63) is 58.7 Å². The molecule has 0 aliphatic carbocycles. The molecule has 0 saturated carbocycles. The summed E-state index contributed by atoms with van der Waals surface area (Å²) in [5.41, 5.74) is -0.381. The van der Waals surface area contributed by atoms with E-state index >= 15 is 0 Å². The topological polar surface area (TPSA) is 79.2 Å². The summed E-state index contributed by atoms with van der Waals surface area (Å²) in [7, 11) is 4.62. The Morgan fingerprint density at radius 2 is 1.91 bits per heavy atom. The summed E-state index contributed by atoms with van der Waals surface area (Å²) in [6.45, 7) is 0.539. The molecule has 2 aromatic rings. The minimum atomic E-state index is -4.50. The van der Waals surface area contributed by atoms with E-state index in [0.717, 1.165) is 18.2 Å². The Morgan fingerprint density at radius 3 is 2.52 bits per heavy atom. The third-order valence-electron chi connectivity index (χ3n) is 5.97. The average Bonchev–Trinajstić information content (AvgIpc) is 3.15. The van der Waals surface area contributed by atoms with Gasteiger partial charge in [-0.1, -0.05) is 18.2 Å². The van der Waals surface area contributed by atoms with Gasteiger partial charge in [-0.25, -0.2) is 0 Å². The zero-order valence-electron chi connectivity index (χ0n) is 18.5. The van der Waals surface area contributed by atoms with Crippen LogP contribution in [-0.2, 0) is 6.18 Å². The van der Waals surface area contributed by atoms with Crippen LogP contribution in [0.4, 0.5) is 13.2 Å². The Morgan fingerprint density at radius 1 is 1.21 bits per heavy atom. The third-order valence-corrected chi connectivity index (χ3v) is 5.97. The molecule has 0 amide bonds. The monoisotopic (exact) mass is 465 g/mol. The van der Waals surface area contributed by atoms with Crippen LogP contribution >= 0.6 is 0 Å². The van der Waals surface area contributed by atoms with Crippen molar-refractivity contribution in [2.24, 2.45) is 0 Å². The molecular weight excluding hydrogens is 439 g/mol. The molecule has 0 bridgehead atoms. The largest absolute Gasteiger partial charge is 0.507 e. The van der Waals surface area contributed by atoms with Crippen LogP contribution in [0.1, 0.15) is 39.4 Å². The standard InChI is InChI=1S/C24H26F3NO5/c1-28-10-9-16(17(28)13-29)21-19(32-2)12-20(33-3)22(23(21)31)18(30)8-7-14-5-4-6-15(11-14)24(25,26)27/h4-8,11-12,16-17,29,31H,9-10,13H2,1-3H3. The summed E-state index contributed by atoms with van der Waals surface area (Å²) >= 11 is 0. The summed E-state index contributed by atoms with van der Waals surface area (Å²) in [6, 6.07) is 5.78. The number of aliphatic hydroxyl groups is 1. The van der Waals surface area contributed by atoms with Crippen LogP contribution in [0.25, 0.3) is 6.08 Å². The number of carbonyl (C=O) groups excluding carboxylic acids is 1. The van der Waals surface area contributed by atoms with E-state index in [2.05, 4.69) is 0 Å². The fraction of sp³-hybridized carbons (Fsp3) is 0.375. The van der Waals surface area contributed by atoms with Crippen LogP contribution in [0.15, 0.2) is 36.4 Å². The first kappa shape index (κ1) is 24.6. The second kappa shape index (κ2) is 9.84. The first-order valence-corrected chi connectivity index (χ1v) is 10.3. The lowest BCUT2D eigenvalue weighted by atomic mass is 9.87. The molecule has 2 atom stereocenters. The van der Waals surface area contributed by atoms with Crippen LogP contribution in [0.5, 0.6) is 17.2 Å². The van der Waals surface area contributed by atoms with Gasteiger partial charge >= 0.3 is 6.18 Å². The number of halogens is 3. The number of rotatable bonds is 7. The van der Waals surface area contributed by atoms with Crippen LogP contribution < -0.4 is 9.47 Å². The van der Waals surface area contributed by atoms with Gasteiger partial charge in [-0.2, -0.15) is 13.2 Å². The molecule has 2 N–H and O–H groups in total. The van der Waals surface area contributed by atoms with E-state index in [-0.39, 0.29) is 41.2 Å². The zero-order chi connectivity index (χ0) is 24.3. The number of hydrogen-bond acceptors (Lipinski definition) is 6. The molecule has 3 rings (SSSR count). The van der Waals surface area contributed by atoms with Gasteiger partial charge < -0.3 is 24.6 Å². The van der Waals surface area contributed by atoms with Crippen molar-refractivity contribution >= 4 is 11.9 Å². The molecule has 0 spiro atoms. The number of allylic oxidation sites excluding steroid dienone is 1. The highest BCUT2D eigenvalue weighted by Crippen LogP contribution is 2.47. The summed E-state index contributed by atoms with van der Waals surface area (Å²) in [5.74, 6) is -0.874. The van der Waals surface area contributed by atoms with E-state index in [1.54, 1.807) is 0 Å². The number of phenols is 1. The Hall–Kier alpha value is -3.04. The molecule has 1 aliphatic heterocycles. The smallest absolute Gasteiger partial charge is 0.416 e. The van der Waals surface area contributed by atoms with Gasteiger partial charge in [0.15, 0.2) is 5.78 Å². The van der Waals surface area contributed by atoms with Crippen LogP contribution in [0.3, 0.4) is 0 Å². The number of alkyl halides is 3. The third kappa shape index (κ3) is 4.99. The fourth-order valence-corrected chi connectivity index (χ4v) is 4.25. The van der Waals surface area contributed by atoms with Gasteiger partial charge in [-0.3, -0.25) is 4.79 Å². The highest BCUT2D eigenvalue weighted by Gasteiger charge is 2.38. The van der Waals surface area contributed by atoms with Gasteiger partial charge in [0, 0.05) is 23.6 Å². The van der Waals surface area contributed by atoms with Crippen molar-refractivity contribution in [2.75, 3.05) is 34.4 Å². The number of aromatic hydroxyl groups is 1. The first-order chi connectivity index (χ1) is 15.6. The van der Waals surface area contributed by atoms with Crippen LogP contribution in [0, 0.1) is 0 Å². The minimum absolute atomic E-state index is 0.0682. The molecular formula is C24H26F3NO5. The SMILES string of the molecule is COc1cc(OC)c(C2CCN(C)C2CO)c(O)c1C(=O)C=Cc1cccc(C(F)(F)F)c1. The summed E-state index contributed by atoms with van der Waals surface area (Å²) < 4.78 is 49.6. The zero-order valence-corrected chi connectivity index (χ0v) is 18.5. The first-order valence-electron chi connectivity index (χ1n) is 10.3. The molecule has 1 heterocycles. The minimum Gasteiger partial charge on any atom is -0.507 e. The van der Waals surface area contributed by atoms with Gasteiger partial charge in [0.05, 0.1) is 26.4 Å². The number of ether oxygens (including phenoxy) is 2. The Bertz CT molecular complexity index is 1050. The summed E-state index contributed by atoms with van der Waals surface area (Å²) in [5, 5.41) is 21.0. The van der Waals surface area contributed by atoms with Crippen LogP contribution in [-0.4, -0.2) is 61.4 Å². The molecule has 33 heavy (non-hydrogen) atoms. The lowest BCUT2D eigenvalue weighted by Gasteiger charge is -2.26. The quantitative estimate of drug-likeness (QED) is 0.474. The van der Waals surface area contributed by atoms with Crippen LogP contribution in [0.2, 0.25) is 0 Å². The molecule has 1 fully saturated rings. The predicted octanol–water partition coefficient (Wildman–Crippen LogP) is 4.10. The number of methoxy groups -OCH3 is 2. The number of hydrogen-bond donors (Lipinski definition) is 2. The van der Waals surface area contributed by atoms with Crippen molar-refractivity contribution in [1.82, 2.24) is 4.90 Å². The van der Waals surface area contributed by atoms with Gasteiger partial charge in [0.2, 0.25) is 0 Å². The van der Waals surface area contributed by atoms with Crippen molar-refractivity contribution in [2.45, 2.75) is 24.6 Å². The molecule has 0 aromatic heterocycles. The molecule has 1 saturated heterocycles. The van der Waals surface area contributed by atoms with E-state index in [1.165, 1.54) is 38.5 Å². The van der Waals surface area contributed by atoms with Gasteiger partial charge in [0.25, 0.3) is 0 Å². The Kier molecular flexibility index (Phi) is 7.34. The number of phenolic OH excluding ortho intramolecular Hbond substituents is 1. The van der Waals surface area contributed by atoms with Gasteiger partial charge in [-0.15, -0.1) is 0 Å². The van der Waals surface area contributed by atoms with Gasteiger partial charge in [-0.05, 0) is 43.8 Å². The van der Waals surface area contributed by atoms with E-state index in [1.807, 2.05) is 11.9 Å². The molecule has 0 radical (unpaired) electrons. The van der Waals surface area contributed by atoms with Gasteiger partial charge in [0.1, 0.15) is 22.8 Å². The van der Waals surface area contributed by atoms with Crippen molar-refractivity contribution in [3.8, 4) is 17.2 Å². The number of benzene rings is 2. The number of ketones is 1. The molecule has 9 heteroatoms. The number of aliphatic hydroxyl groups excluding tert-OH is 1. The van der Waals surface area contributed by atoms with E-state index in [0.29, 0.717) is 24.3 Å². The molecule has 6 nitrogen and oxygen atoms in total. The maximum Gasteiger partial charge on any atom is 0.416 e. The Labute approximate surface area is 189 Å². The maximum absolute atomic E-state index is 13.0. The molecule has 2 unspecified atom stereocenters. The predicted molar refractivity (Wildman–Crippen MR) is 117 cm³/mol. The fourth-order valence-electron chi connectivity index (χ4n) is 4.25. The number of carbonyl (C=O) groups is 1. The number of likely N-dealkylation sites (N-methyl/N-ethyl adjacent to an activating group) is 1. The van der Waals surface area contributed by atoms with E-state index in [9.17, 15) is 28.2 Å². The molecule has 178 valence electrons. The van der Waals surface area contributed by atoms with Crippen molar-refractivity contribution in [1.29, 1.82) is 0 Å². The Balaban J connectivity index is 2.03. The lowest BCUT2D eigenvalue weighted by molar-refractivity contribution is -0.137. The highest BCUT2D eigenvalue weighted by molar-refractivity contribution is 6.11. The summed E-state index contributed by atoms with van der Waals surface area (Å²) in [6.07, 6.45) is -1.53. The maximum atomic E-state index is 13.0. The highest BCUT2D eigenvalue weighted by atomic mass is 19.4. The molecule has 1 aliphatic rings. The average molecular weight is 465 g/mol. The normalized spacial score (nSPS) is 19.2. The van der Waals surface area contributed by atoms with Crippen molar-refractivity contribution < 1.29 is 37.7 Å². The second-order valence-electron chi connectivity index (χ2n) is 7.86.